The highest BCUT2D eigenvalue weighted by atomic mass is 16.5. The van der Waals surface area contributed by atoms with Crippen molar-refractivity contribution in [2.75, 3.05) is 26.3 Å². The minimum atomic E-state index is 0.0718. The van der Waals surface area contributed by atoms with E-state index in [9.17, 15) is 4.79 Å². The highest BCUT2D eigenvalue weighted by molar-refractivity contribution is 5.77. The van der Waals surface area contributed by atoms with Crippen LogP contribution in [0.5, 0.6) is 0 Å². The minimum absolute atomic E-state index is 0.0718. The molecule has 1 fully saturated rings. The van der Waals surface area contributed by atoms with E-state index in [0.717, 1.165) is 50.5 Å². The molecule has 0 bridgehead atoms. The molecule has 0 unspecified atom stereocenters. The van der Waals surface area contributed by atoms with Crippen LogP contribution in [0.2, 0.25) is 0 Å². The van der Waals surface area contributed by atoms with E-state index >= 15 is 0 Å². The first-order valence-electron chi connectivity index (χ1n) is 7.42. The summed E-state index contributed by atoms with van der Waals surface area (Å²) in [5.74, 6) is 1.87. The lowest BCUT2D eigenvalue weighted by Crippen LogP contribution is -2.40. The number of ether oxygens (including phenoxy) is 1. The standard InChI is InChI=1S/C14H23N3O3/c1-3-5-12-15-14(20-16-12)11-6-8-17(9-7-11)13(18)10-19-4-2/h11H,3-10H2,1-2H3. The third kappa shape index (κ3) is 3.79. The lowest BCUT2D eigenvalue weighted by Gasteiger charge is -2.30. The van der Waals surface area contributed by atoms with E-state index in [-0.39, 0.29) is 18.4 Å². The molecule has 0 atom stereocenters. The van der Waals surface area contributed by atoms with E-state index in [4.69, 9.17) is 9.26 Å². The van der Waals surface area contributed by atoms with Gasteiger partial charge >= 0.3 is 0 Å². The molecule has 6 heteroatoms. The number of rotatable bonds is 6. The zero-order chi connectivity index (χ0) is 14.4. The Morgan fingerprint density at radius 2 is 2.15 bits per heavy atom. The molecular weight excluding hydrogens is 258 g/mol. The number of aryl methyl sites for hydroxylation is 1. The normalized spacial score (nSPS) is 16.6. The SMILES string of the molecule is CCCc1noc(C2CCN(C(=O)COCC)CC2)n1. The molecule has 0 aliphatic carbocycles. The Balaban J connectivity index is 1.82. The quantitative estimate of drug-likeness (QED) is 0.794. The Morgan fingerprint density at radius 3 is 2.80 bits per heavy atom. The van der Waals surface area contributed by atoms with Crippen molar-refractivity contribution in [3.63, 3.8) is 0 Å². The van der Waals surface area contributed by atoms with Crippen LogP contribution in [-0.4, -0.2) is 47.3 Å². The van der Waals surface area contributed by atoms with Gasteiger partial charge in [0.15, 0.2) is 5.82 Å². The largest absolute Gasteiger partial charge is 0.372 e. The molecule has 1 amide bonds. The molecular formula is C14H23N3O3. The summed E-state index contributed by atoms with van der Waals surface area (Å²) in [5, 5.41) is 3.99. The number of amides is 1. The maximum atomic E-state index is 11.8. The second kappa shape index (κ2) is 7.38. The van der Waals surface area contributed by atoms with E-state index in [1.807, 2.05) is 11.8 Å². The Bertz CT molecular complexity index is 425. The first kappa shape index (κ1) is 15.0. The zero-order valence-corrected chi connectivity index (χ0v) is 12.3. The smallest absolute Gasteiger partial charge is 0.248 e. The van der Waals surface area contributed by atoms with Gasteiger partial charge in [-0.1, -0.05) is 12.1 Å². The van der Waals surface area contributed by atoms with Crippen molar-refractivity contribution in [1.29, 1.82) is 0 Å². The minimum Gasteiger partial charge on any atom is -0.372 e. The van der Waals surface area contributed by atoms with Gasteiger partial charge in [-0.2, -0.15) is 4.98 Å². The summed E-state index contributed by atoms with van der Waals surface area (Å²) in [4.78, 5) is 18.1. The maximum Gasteiger partial charge on any atom is 0.248 e. The van der Waals surface area contributed by atoms with Crippen LogP contribution in [0.25, 0.3) is 0 Å². The Labute approximate surface area is 119 Å². The van der Waals surface area contributed by atoms with E-state index in [1.54, 1.807) is 0 Å². The van der Waals surface area contributed by atoms with E-state index in [2.05, 4.69) is 17.1 Å². The van der Waals surface area contributed by atoms with E-state index in [0.29, 0.717) is 6.61 Å². The molecule has 20 heavy (non-hydrogen) atoms. The summed E-state index contributed by atoms with van der Waals surface area (Å²) >= 11 is 0. The first-order chi connectivity index (χ1) is 9.74. The number of carbonyl (C=O) groups is 1. The first-order valence-corrected chi connectivity index (χ1v) is 7.42. The highest BCUT2D eigenvalue weighted by Crippen LogP contribution is 2.26. The Kier molecular flexibility index (Phi) is 5.52. The van der Waals surface area contributed by atoms with Gasteiger partial charge in [0.25, 0.3) is 0 Å². The average Bonchev–Trinajstić information content (AvgIpc) is 2.94. The molecule has 0 radical (unpaired) electrons. The molecule has 2 rings (SSSR count). The number of aromatic nitrogens is 2. The molecule has 1 aliphatic heterocycles. The number of nitrogens with zero attached hydrogens (tertiary/aromatic N) is 3. The summed E-state index contributed by atoms with van der Waals surface area (Å²) in [7, 11) is 0. The van der Waals surface area contributed by atoms with Gasteiger partial charge in [0.05, 0.1) is 0 Å². The van der Waals surface area contributed by atoms with Gasteiger partial charge in [-0.25, -0.2) is 0 Å². The Hall–Kier alpha value is -1.43. The van der Waals surface area contributed by atoms with Crippen molar-refractivity contribution in [3.8, 4) is 0 Å². The lowest BCUT2D eigenvalue weighted by atomic mass is 9.97. The topological polar surface area (TPSA) is 68.5 Å². The summed E-state index contributed by atoms with van der Waals surface area (Å²) in [6.07, 6.45) is 3.63. The molecule has 112 valence electrons. The predicted molar refractivity (Wildman–Crippen MR) is 73.3 cm³/mol. The number of piperidine rings is 1. The highest BCUT2D eigenvalue weighted by Gasteiger charge is 2.27. The van der Waals surface area contributed by atoms with Crippen LogP contribution in [-0.2, 0) is 16.0 Å². The molecule has 1 aromatic heterocycles. The van der Waals surface area contributed by atoms with Crippen LogP contribution in [0.4, 0.5) is 0 Å². The third-order valence-electron chi connectivity index (χ3n) is 3.58. The van der Waals surface area contributed by atoms with Gasteiger partial charge in [-0.15, -0.1) is 0 Å². The summed E-state index contributed by atoms with van der Waals surface area (Å²) in [6.45, 7) is 6.22. The summed E-state index contributed by atoms with van der Waals surface area (Å²) in [5.41, 5.74) is 0. The van der Waals surface area contributed by atoms with Crippen LogP contribution < -0.4 is 0 Å². The predicted octanol–water partition coefficient (Wildman–Crippen LogP) is 1.76. The van der Waals surface area contributed by atoms with Crippen LogP contribution in [0.1, 0.15) is 50.7 Å². The summed E-state index contributed by atoms with van der Waals surface area (Å²) in [6, 6.07) is 0. The fourth-order valence-electron chi connectivity index (χ4n) is 2.41. The molecule has 6 nitrogen and oxygen atoms in total. The third-order valence-corrected chi connectivity index (χ3v) is 3.58. The van der Waals surface area contributed by atoms with Gasteiger partial charge in [0.2, 0.25) is 11.8 Å². The fraction of sp³-hybridized carbons (Fsp3) is 0.786. The summed E-state index contributed by atoms with van der Waals surface area (Å²) < 4.78 is 10.5. The van der Waals surface area contributed by atoms with Crippen LogP contribution in [0.3, 0.4) is 0 Å². The molecule has 0 saturated carbocycles. The fourth-order valence-corrected chi connectivity index (χ4v) is 2.41. The zero-order valence-electron chi connectivity index (χ0n) is 12.3. The van der Waals surface area contributed by atoms with Crippen LogP contribution in [0, 0.1) is 0 Å². The van der Waals surface area contributed by atoms with Gasteiger partial charge < -0.3 is 14.2 Å². The second-order valence-electron chi connectivity index (χ2n) is 5.09. The molecule has 1 aliphatic rings. The van der Waals surface area contributed by atoms with Crippen molar-refractivity contribution in [2.24, 2.45) is 0 Å². The molecule has 2 heterocycles. The van der Waals surface area contributed by atoms with Gasteiger partial charge in [0.1, 0.15) is 6.61 Å². The van der Waals surface area contributed by atoms with Crippen molar-refractivity contribution < 1.29 is 14.1 Å². The van der Waals surface area contributed by atoms with Gasteiger partial charge in [-0.3, -0.25) is 4.79 Å². The van der Waals surface area contributed by atoms with Crippen molar-refractivity contribution in [2.45, 2.75) is 45.4 Å². The second-order valence-corrected chi connectivity index (χ2v) is 5.09. The maximum absolute atomic E-state index is 11.8. The monoisotopic (exact) mass is 281 g/mol. The molecule has 0 aromatic carbocycles. The molecule has 0 N–H and O–H groups in total. The van der Waals surface area contributed by atoms with Gasteiger partial charge in [-0.05, 0) is 26.2 Å². The average molecular weight is 281 g/mol. The molecule has 0 spiro atoms. The molecule has 1 aromatic rings. The van der Waals surface area contributed by atoms with Crippen molar-refractivity contribution in [3.05, 3.63) is 11.7 Å². The number of hydrogen-bond acceptors (Lipinski definition) is 5. The van der Waals surface area contributed by atoms with Crippen LogP contribution in [0.15, 0.2) is 4.52 Å². The van der Waals surface area contributed by atoms with Crippen molar-refractivity contribution >= 4 is 5.91 Å². The number of likely N-dealkylation sites (tertiary alicyclic amines) is 1. The number of hydrogen-bond donors (Lipinski definition) is 0. The lowest BCUT2D eigenvalue weighted by molar-refractivity contribution is -0.137. The van der Waals surface area contributed by atoms with E-state index < -0.39 is 0 Å². The Morgan fingerprint density at radius 1 is 1.40 bits per heavy atom. The molecule has 1 saturated heterocycles. The van der Waals surface area contributed by atoms with E-state index in [1.165, 1.54) is 0 Å². The van der Waals surface area contributed by atoms with Crippen LogP contribution >= 0.6 is 0 Å². The van der Waals surface area contributed by atoms with Crippen molar-refractivity contribution in [1.82, 2.24) is 15.0 Å². The number of carbonyl (C=O) groups excluding carboxylic acids is 1. The van der Waals surface area contributed by atoms with Gasteiger partial charge in [0, 0.05) is 32.0 Å².